The Morgan fingerprint density at radius 3 is 2.75 bits per heavy atom. The number of likely N-dealkylation sites (tertiary alicyclic amines) is 1. The van der Waals surface area contributed by atoms with E-state index in [1.807, 2.05) is 26.0 Å². The minimum atomic E-state index is -0.804. The second-order valence-electron chi connectivity index (χ2n) is 5.22. The van der Waals surface area contributed by atoms with Crippen molar-refractivity contribution in [3.63, 3.8) is 0 Å². The van der Waals surface area contributed by atoms with Crippen LogP contribution in [0.15, 0.2) is 15.9 Å². The number of carbonyl (C=O) groups is 2. The number of halogens is 1. The molecule has 1 aromatic rings. The summed E-state index contributed by atoms with van der Waals surface area (Å²) < 4.78 is 1.00. The SMILES string of the molecule is CC(C(=O)N1CCC[C@H](C(=O)O)[C@@H]1C)c1ccc(Br)s1. The Hall–Kier alpha value is -0.880. The number of piperidine rings is 1. The van der Waals surface area contributed by atoms with Crippen LogP contribution in [0.2, 0.25) is 0 Å². The highest BCUT2D eigenvalue weighted by atomic mass is 79.9. The predicted octanol–water partition coefficient (Wildman–Crippen LogP) is 3.33. The van der Waals surface area contributed by atoms with Gasteiger partial charge >= 0.3 is 5.97 Å². The van der Waals surface area contributed by atoms with Crippen molar-refractivity contribution in [2.75, 3.05) is 6.54 Å². The molecule has 2 heterocycles. The van der Waals surface area contributed by atoms with Gasteiger partial charge in [0.1, 0.15) is 0 Å². The number of carbonyl (C=O) groups excluding carboxylic acids is 1. The summed E-state index contributed by atoms with van der Waals surface area (Å²) in [5, 5.41) is 9.23. The fourth-order valence-corrected chi connectivity index (χ4v) is 4.18. The van der Waals surface area contributed by atoms with Gasteiger partial charge in [0, 0.05) is 17.5 Å². The summed E-state index contributed by atoms with van der Waals surface area (Å²) in [6, 6.07) is 3.64. The number of nitrogens with zero attached hydrogens (tertiary/aromatic N) is 1. The van der Waals surface area contributed by atoms with E-state index in [9.17, 15) is 14.7 Å². The largest absolute Gasteiger partial charge is 0.481 e. The molecule has 0 aromatic carbocycles. The molecule has 0 bridgehead atoms. The Labute approximate surface area is 130 Å². The van der Waals surface area contributed by atoms with E-state index in [1.165, 1.54) is 0 Å². The lowest BCUT2D eigenvalue weighted by Gasteiger charge is -2.38. The molecule has 4 nitrogen and oxygen atoms in total. The first-order valence-corrected chi connectivity index (χ1v) is 8.31. The molecule has 0 spiro atoms. The lowest BCUT2D eigenvalue weighted by molar-refractivity contribution is -0.149. The van der Waals surface area contributed by atoms with Crippen molar-refractivity contribution in [3.8, 4) is 0 Å². The Kier molecular flexibility index (Phi) is 4.86. The number of hydrogen-bond acceptors (Lipinski definition) is 3. The van der Waals surface area contributed by atoms with Crippen LogP contribution in [0.5, 0.6) is 0 Å². The molecule has 0 radical (unpaired) electrons. The highest BCUT2D eigenvalue weighted by Gasteiger charge is 2.37. The zero-order valence-corrected chi connectivity index (χ0v) is 13.9. The summed E-state index contributed by atoms with van der Waals surface area (Å²) in [6.45, 7) is 4.38. The van der Waals surface area contributed by atoms with Crippen LogP contribution in [0, 0.1) is 5.92 Å². The molecular formula is C14H18BrNO3S. The van der Waals surface area contributed by atoms with Gasteiger partial charge in [-0.25, -0.2) is 0 Å². The molecular weight excluding hydrogens is 342 g/mol. The van der Waals surface area contributed by atoms with Crippen molar-refractivity contribution in [3.05, 3.63) is 20.8 Å². The fourth-order valence-electron chi connectivity index (χ4n) is 2.72. The van der Waals surface area contributed by atoms with Gasteiger partial charge in [0.05, 0.1) is 15.6 Å². The number of rotatable bonds is 3. The predicted molar refractivity (Wildman–Crippen MR) is 82.0 cm³/mol. The summed E-state index contributed by atoms with van der Waals surface area (Å²) in [7, 11) is 0. The van der Waals surface area contributed by atoms with Crippen molar-refractivity contribution in [1.29, 1.82) is 0 Å². The summed E-state index contributed by atoms with van der Waals surface area (Å²) in [4.78, 5) is 26.6. The van der Waals surface area contributed by atoms with Gasteiger partial charge in [-0.05, 0) is 54.8 Å². The highest BCUT2D eigenvalue weighted by molar-refractivity contribution is 9.11. The second-order valence-corrected chi connectivity index (χ2v) is 7.72. The molecule has 1 N–H and O–H groups in total. The van der Waals surface area contributed by atoms with E-state index in [0.29, 0.717) is 13.0 Å². The number of thiophene rings is 1. The fraction of sp³-hybridized carbons (Fsp3) is 0.571. The third-order valence-corrected chi connectivity index (χ3v) is 5.79. The van der Waals surface area contributed by atoms with E-state index < -0.39 is 11.9 Å². The standard InChI is InChI=1S/C14H18BrNO3S/c1-8(11-5-6-12(15)20-11)13(17)16-7-3-4-10(9(16)2)14(18)19/h5-6,8-10H,3-4,7H2,1-2H3,(H,18,19)/t8?,9-,10-/m0/s1. The van der Waals surface area contributed by atoms with Gasteiger partial charge < -0.3 is 10.0 Å². The normalized spacial score (nSPS) is 24.4. The molecule has 1 aliphatic rings. The van der Waals surface area contributed by atoms with Gasteiger partial charge in [0.2, 0.25) is 5.91 Å². The summed E-state index contributed by atoms with van der Waals surface area (Å²) >= 11 is 4.95. The van der Waals surface area contributed by atoms with Gasteiger partial charge in [0.15, 0.2) is 0 Å². The monoisotopic (exact) mass is 359 g/mol. The van der Waals surface area contributed by atoms with Gasteiger partial charge in [-0.1, -0.05) is 0 Å². The van der Waals surface area contributed by atoms with Crippen LogP contribution in [-0.2, 0) is 9.59 Å². The number of carboxylic acid groups (broad SMARTS) is 1. The molecule has 1 unspecified atom stereocenters. The van der Waals surface area contributed by atoms with Gasteiger partial charge in [-0.3, -0.25) is 9.59 Å². The van der Waals surface area contributed by atoms with Gasteiger partial charge in [-0.2, -0.15) is 0 Å². The van der Waals surface area contributed by atoms with E-state index in [2.05, 4.69) is 15.9 Å². The first-order chi connectivity index (χ1) is 9.41. The van der Waals surface area contributed by atoms with Crippen molar-refractivity contribution >= 4 is 39.1 Å². The first-order valence-electron chi connectivity index (χ1n) is 6.70. The Morgan fingerprint density at radius 1 is 1.50 bits per heavy atom. The molecule has 0 aliphatic carbocycles. The first kappa shape index (κ1) is 15.5. The molecule has 1 aromatic heterocycles. The lowest BCUT2D eigenvalue weighted by atomic mass is 9.89. The molecule has 3 atom stereocenters. The third kappa shape index (κ3) is 3.06. The maximum Gasteiger partial charge on any atom is 0.308 e. The Bertz CT molecular complexity index is 516. The minimum absolute atomic E-state index is 0.0257. The lowest BCUT2D eigenvalue weighted by Crippen LogP contribution is -2.50. The molecule has 0 saturated carbocycles. The Balaban J connectivity index is 2.13. The average molecular weight is 360 g/mol. The molecule has 1 amide bonds. The zero-order valence-electron chi connectivity index (χ0n) is 11.5. The molecule has 2 rings (SSSR count). The second kappa shape index (κ2) is 6.26. The van der Waals surface area contributed by atoms with Crippen LogP contribution >= 0.6 is 27.3 Å². The Morgan fingerprint density at radius 2 is 2.20 bits per heavy atom. The van der Waals surface area contributed by atoms with E-state index in [-0.39, 0.29) is 17.9 Å². The highest BCUT2D eigenvalue weighted by Crippen LogP contribution is 2.32. The third-order valence-electron chi connectivity index (χ3n) is 3.98. The van der Waals surface area contributed by atoms with Crippen molar-refractivity contribution in [2.45, 2.75) is 38.6 Å². The molecule has 1 fully saturated rings. The van der Waals surface area contributed by atoms with Gasteiger partial charge in [0.25, 0.3) is 0 Å². The number of hydrogen-bond donors (Lipinski definition) is 1. The maximum atomic E-state index is 12.6. The van der Waals surface area contributed by atoms with Crippen LogP contribution in [0.25, 0.3) is 0 Å². The zero-order chi connectivity index (χ0) is 14.9. The summed E-state index contributed by atoms with van der Waals surface area (Å²) in [5.74, 6) is -1.45. The molecule has 110 valence electrons. The van der Waals surface area contributed by atoms with E-state index in [1.54, 1.807) is 16.2 Å². The van der Waals surface area contributed by atoms with Crippen LogP contribution in [0.4, 0.5) is 0 Å². The maximum absolute atomic E-state index is 12.6. The number of carboxylic acids is 1. The van der Waals surface area contributed by atoms with Crippen LogP contribution in [0.1, 0.15) is 37.5 Å². The van der Waals surface area contributed by atoms with E-state index in [0.717, 1.165) is 15.1 Å². The van der Waals surface area contributed by atoms with Crippen LogP contribution in [-0.4, -0.2) is 34.5 Å². The molecule has 6 heteroatoms. The summed E-state index contributed by atoms with van der Waals surface area (Å²) in [5.41, 5.74) is 0. The smallest absolute Gasteiger partial charge is 0.308 e. The number of aliphatic carboxylic acids is 1. The van der Waals surface area contributed by atoms with Gasteiger partial charge in [-0.15, -0.1) is 11.3 Å². The quantitative estimate of drug-likeness (QED) is 0.900. The number of amides is 1. The van der Waals surface area contributed by atoms with Crippen molar-refractivity contribution in [1.82, 2.24) is 4.90 Å². The van der Waals surface area contributed by atoms with E-state index in [4.69, 9.17) is 0 Å². The van der Waals surface area contributed by atoms with Crippen molar-refractivity contribution < 1.29 is 14.7 Å². The molecule has 1 saturated heterocycles. The van der Waals surface area contributed by atoms with Crippen LogP contribution in [0.3, 0.4) is 0 Å². The van der Waals surface area contributed by atoms with E-state index >= 15 is 0 Å². The molecule has 1 aliphatic heterocycles. The molecule has 20 heavy (non-hydrogen) atoms. The van der Waals surface area contributed by atoms with Crippen LogP contribution < -0.4 is 0 Å². The van der Waals surface area contributed by atoms with Crippen molar-refractivity contribution in [2.24, 2.45) is 5.92 Å². The summed E-state index contributed by atoms with van der Waals surface area (Å²) in [6.07, 6.45) is 1.41. The minimum Gasteiger partial charge on any atom is -0.481 e. The average Bonchev–Trinajstić information content (AvgIpc) is 2.83. The topological polar surface area (TPSA) is 57.6 Å².